The fourth-order valence-corrected chi connectivity index (χ4v) is 1.67. The van der Waals surface area contributed by atoms with Gasteiger partial charge < -0.3 is 10.5 Å². The number of carbonyl (C=O) groups excluding carboxylic acids is 1. The van der Waals surface area contributed by atoms with Gasteiger partial charge >= 0.3 is 5.97 Å². The first-order chi connectivity index (χ1) is 8.38. The van der Waals surface area contributed by atoms with Gasteiger partial charge in [0.05, 0.1) is 22.8 Å². The Morgan fingerprint density at radius 1 is 1.50 bits per heavy atom. The van der Waals surface area contributed by atoms with Crippen LogP contribution in [0.2, 0.25) is 0 Å². The number of rotatable bonds is 4. The molecule has 2 N–H and O–H groups in total. The van der Waals surface area contributed by atoms with Gasteiger partial charge in [-0.1, -0.05) is 13.8 Å². The van der Waals surface area contributed by atoms with Crippen molar-refractivity contribution < 1.29 is 14.5 Å². The largest absolute Gasteiger partial charge is 0.462 e. The number of anilines is 1. The van der Waals surface area contributed by atoms with Crippen molar-refractivity contribution in [2.24, 2.45) is 0 Å². The summed E-state index contributed by atoms with van der Waals surface area (Å²) in [7, 11) is 0. The van der Waals surface area contributed by atoms with E-state index in [0.717, 1.165) is 0 Å². The van der Waals surface area contributed by atoms with Crippen LogP contribution in [0.3, 0.4) is 0 Å². The molecule has 0 unspecified atom stereocenters. The standard InChI is InChI=1S/C12H16N2O4/c1-4-18-12(15)11-9(7(2)3)5-8(14(16)17)6-10(11)13/h5-7H,4,13H2,1-3H3. The predicted octanol–water partition coefficient (Wildman–Crippen LogP) is 2.48. The molecule has 0 aliphatic heterocycles. The average Bonchev–Trinajstić information content (AvgIpc) is 2.27. The lowest BCUT2D eigenvalue weighted by molar-refractivity contribution is -0.384. The van der Waals surface area contributed by atoms with Crippen LogP contribution in [-0.4, -0.2) is 17.5 Å². The Bertz CT molecular complexity index is 483. The van der Waals surface area contributed by atoms with Crippen LogP contribution in [0.5, 0.6) is 0 Å². The van der Waals surface area contributed by atoms with Crippen molar-refractivity contribution in [1.82, 2.24) is 0 Å². The fourth-order valence-electron chi connectivity index (χ4n) is 1.67. The monoisotopic (exact) mass is 252 g/mol. The second kappa shape index (κ2) is 5.48. The maximum absolute atomic E-state index is 11.8. The first-order valence-corrected chi connectivity index (χ1v) is 5.63. The zero-order valence-electron chi connectivity index (χ0n) is 10.6. The second-order valence-corrected chi connectivity index (χ2v) is 4.13. The number of non-ortho nitro benzene ring substituents is 1. The van der Waals surface area contributed by atoms with Gasteiger partial charge in [0.15, 0.2) is 0 Å². The van der Waals surface area contributed by atoms with Crippen LogP contribution < -0.4 is 5.73 Å². The molecular weight excluding hydrogens is 236 g/mol. The third-order valence-corrected chi connectivity index (χ3v) is 2.50. The molecule has 0 saturated carbocycles. The molecule has 18 heavy (non-hydrogen) atoms. The number of esters is 1. The third-order valence-electron chi connectivity index (χ3n) is 2.50. The molecule has 0 aromatic heterocycles. The van der Waals surface area contributed by atoms with Gasteiger partial charge in [0.25, 0.3) is 5.69 Å². The second-order valence-electron chi connectivity index (χ2n) is 4.13. The van der Waals surface area contributed by atoms with Crippen molar-refractivity contribution >= 4 is 17.3 Å². The zero-order chi connectivity index (χ0) is 13.9. The molecule has 0 radical (unpaired) electrons. The van der Waals surface area contributed by atoms with Crippen LogP contribution in [0.15, 0.2) is 12.1 Å². The number of hydrogen-bond acceptors (Lipinski definition) is 5. The van der Waals surface area contributed by atoms with Crippen LogP contribution in [0, 0.1) is 10.1 Å². The third kappa shape index (κ3) is 2.77. The lowest BCUT2D eigenvalue weighted by Crippen LogP contribution is -2.13. The summed E-state index contributed by atoms with van der Waals surface area (Å²) in [6, 6.07) is 2.55. The molecule has 0 spiro atoms. The van der Waals surface area contributed by atoms with Crippen molar-refractivity contribution in [3.63, 3.8) is 0 Å². The minimum Gasteiger partial charge on any atom is -0.462 e. The molecule has 98 valence electrons. The molecule has 0 amide bonds. The molecule has 6 heteroatoms. The van der Waals surface area contributed by atoms with Gasteiger partial charge in [-0.2, -0.15) is 0 Å². The number of benzene rings is 1. The van der Waals surface area contributed by atoms with E-state index >= 15 is 0 Å². The van der Waals surface area contributed by atoms with Crippen LogP contribution >= 0.6 is 0 Å². The predicted molar refractivity (Wildman–Crippen MR) is 67.6 cm³/mol. The molecule has 1 aromatic rings. The lowest BCUT2D eigenvalue weighted by Gasteiger charge is -2.13. The number of nitrogens with zero attached hydrogens (tertiary/aromatic N) is 1. The summed E-state index contributed by atoms with van der Waals surface area (Å²) in [4.78, 5) is 22.0. The van der Waals surface area contributed by atoms with Gasteiger partial charge in [-0.25, -0.2) is 4.79 Å². The maximum atomic E-state index is 11.8. The minimum atomic E-state index is -0.548. The first-order valence-electron chi connectivity index (χ1n) is 5.63. The lowest BCUT2D eigenvalue weighted by atomic mass is 9.95. The van der Waals surface area contributed by atoms with E-state index in [4.69, 9.17) is 10.5 Å². The van der Waals surface area contributed by atoms with E-state index in [9.17, 15) is 14.9 Å². The summed E-state index contributed by atoms with van der Waals surface area (Å²) in [6.07, 6.45) is 0. The quantitative estimate of drug-likeness (QED) is 0.384. The van der Waals surface area contributed by atoms with Gasteiger partial charge in [-0.3, -0.25) is 10.1 Å². The highest BCUT2D eigenvalue weighted by Gasteiger charge is 2.22. The molecule has 0 aliphatic carbocycles. The number of nitrogens with two attached hydrogens (primary N) is 1. The minimum absolute atomic E-state index is 0.0633. The van der Waals surface area contributed by atoms with Gasteiger partial charge in [0, 0.05) is 12.1 Å². The Kier molecular flexibility index (Phi) is 4.25. The number of nitrogen functional groups attached to an aromatic ring is 1. The van der Waals surface area contributed by atoms with Gasteiger partial charge in [0.1, 0.15) is 0 Å². The summed E-state index contributed by atoms with van der Waals surface area (Å²) in [5.41, 5.74) is 6.43. The van der Waals surface area contributed by atoms with E-state index in [-0.39, 0.29) is 29.5 Å². The highest BCUT2D eigenvalue weighted by atomic mass is 16.6. The maximum Gasteiger partial charge on any atom is 0.340 e. The van der Waals surface area contributed by atoms with E-state index < -0.39 is 10.9 Å². The average molecular weight is 252 g/mol. The molecule has 6 nitrogen and oxygen atoms in total. The molecule has 0 bridgehead atoms. The van der Waals surface area contributed by atoms with E-state index in [0.29, 0.717) is 5.56 Å². The first kappa shape index (κ1) is 14.0. The highest BCUT2D eigenvalue weighted by molar-refractivity contribution is 5.97. The Labute approximate surface area is 105 Å². The van der Waals surface area contributed by atoms with Crippen LogP contribution in [0.1, 0.15) is 42.6 Å². The summed E-state index contributed by atoms with van der Waals surface area (Å²) in [5.74, 6) is -0.611. The molecule has 1 aromatic carbocycles. The van der Waals surface area contributed by atoms with E-state index in [2.05, 4.69) is 0 Å². The number of ether oxygens (including phenoxy) is 1. The fraction of sp³-hybridized carbons (Fsp3) is 0.417. The van der Waals surface area contributed by atoms with Crippen LogP contribution in [0.25, 0.3) is 0 Å². The highest BCUT2D eigenvalue weighted by Crippen LogP contribution is 2.30. The summed E-state index contributed by atoms with van der Waals surface area (Å²) < 4.78 is 4.91. The molecule has 1 rings (SSSR count). The summed E-state index contributed by atoms with van der Waals surface area (Å²) in [5, 5.41) is 10.8. The molecule has 0 fully saturated rings. The normalized spacial score (nSPS) is 10.4. The Morgan fingerprint density at radius 3 is 2.56 bits per heavy atom. The molecule has 0 aliphatic rings. The van der Waals surface area contributed by atoms with Crippen molar-refractivity contribution in [2.75, 3.05) is 12.3 Å². The smallest absolute Gasteiger partial charge is 0.340 e. The Hall–Kier alpha value is -2.11. The van der Waals surface area contributed by atoms with Gasteiger partial charge in [-0.15, -0.1) is 0 Å². The van der Waals surface area contributed by atoms with Gasteiger partial charge in [0.2, 0.25) is 0 Å². The van der Waals surface area contributed by atoms with E-state index in [1.807, 2.05) is 13.8 Å². The SMILES string of the molecule is CCOC(=O)c1c(N)cc([N+](=O)[O-])cc1C(C)C. The topological polar surface area (TPSA) is 95.5 Å². The number of nitro benzene ring substituents is 1. The van der Waals surface area contributed by atoms with E-state index in [1.54, 1.807) is 6.92 Å². The number of carbonyl (C=O) groups is 1. The number of hydrogen-bond donors (Lipinski definition) is 1. The number of nitro groups is 1. The molecule has 0 saturated heterocycles. The van der Waals surface area contributed by atoms with Crippen LogP contribution in [-0.2, 0) is 4.74 Å². The zero-order valence-corrected chi connectivity index (χ0v) is 10.6. The van der Waals surface area contributed by atoms with Crippen molar-refractivity contribution in [1.29, 1.82) is 0 Å². The van der Waals surface area contributed by atoms with Gasteiger partial charge in [-0.05, 0) is 18.4 Å². The summed E-state index contributed by atoms with van der Waals surface area (Å²) in [6.45, 7) is 5.59. The van der Waals surface area contributed by atoms with Crippen molar-refractivity contribution in [2.45, 2.75) is 26.7 Å². The van der Waals surface area contributed by atoms with Crippen molar-refractivity contribution in [3.05, 3.63) is 33.4 Å². The summed E-state index contributed by atoms with van der Waals surface area (Å²) >= 11 is 0. The van der Waals surface area contributed by atoms with Crippen LogP contribution in [0.4, 0.5) is 11.4 Å². The molecular formula is C12H16N2O4. The van der Waals surface area contributed by atoms with Crippen molar-refractivity contribution in [3.8, 4) is 0 Å². The molecule has 0 heterocycles. The molecule has 0 atom stereocenters. The van der Waals surface area contributed by atoms with E-state index in [1.165, 1.54) is 12.1 Å². The Balaban J connectivity index is 3.41. The Morgan fingerprint density at radius 2 is 2.11 bits per heavy atom.